The monoisotopic (exact) mass is 236 g/mol. The van der Waals surface area contributed by atoms with Crippen LogP contribution in [0, 0.1) is 0 Å². The molecule has 6 heteroatoms. The van der Waals surface area contributed by atoms with Gasteiger partial charge in [0.2, 0.25) is 0 Å². The second kappa shape index (κ2) is 3.90. The molecule has 0 spiro atoms. The van der Waals surface area contributed by atoms with Gasteiger partial charge in [0.15, 0.2) is 5.17 Å². The molecule has 16 heavy (non-hydrogen) atoms. The van der Waals surface area contributed by atoms with Crippen molar-refractivity contribution in [1.29, 1.82) is 0 Å². The first-order valence-electron chi connectivity index (χ1n) is 4.36. The number of aromatic hydroxyl groups is 2. The number of amidine groups is 1. The highest BCUT2D eigenvalue weighted by Crippen LogP contribution is 2.30. The second-order valence-electron chi connectivity index (χ2n) is 3.11. The third-order valence-electron chi connectivity index (χ3n) is 1.94. The number of rotatable bonds is 1. The first kappa shape index (κ1) is 10.6. The minimum absolute atomic E-state index is 0.0409. The molecule has 5 nitrogen and oxygen atoms in total. The summed E-state index contributed by atoms with van der Waals surface area (Å²) in [6.45, 7) is 0. The van der Waals surface area contributed by atoms with E-state index in [0.29, 0.717) is 10.5 Å². The van der Waals surface area contributed by atoms with E-state index >= 15 is 0 Å². The van der Waals surface area contributed by atoms with Crippen LogP contribution in [0.1, 0.15) is 5.56 Å². The Balaban J connectivity index is 2.34. The van der Waals surface area contributed by atoms with Gasteiger partial charge in [-0.15, -0.1) is 0 Å². The fraction of sp³-hybridized carbons (Fsp3) is 0. The molecular formula is C10H8N2O3S. The number of amides is 1. The SMILES string of the molecule is NC1=NC(=O)/C(=C\c2ccc(O)cc2O)S1. The molecule has 1 aromatic rings. The third kappa shape index (κ3) is 2.01. The lowest BCUT2D eigenvalue weighted by atomic mass is 10.2. The van der Waals surface area contributed by atoms with Crippen molar-refractivity contribution in [1.82, 2.24) is 0 Å². The van der Waals surface area contributed by atoms with Crippen LogP contribution in [0.3, 0.4) is 0 Å². The van der Waals surface area contributed by atoms with Gasteiger partial charge in [-0.25, -0.2) is 0 Å². The lowest BCUT2D eigenvalue weighted by Gasteiger charge is -2.00. The average molecular weight is 236 g/mol. The van der Waals surface area contributed by atoms with Crippen LogP contribution >= 0.6 is 11.8 Å². The molecule has 0 aromatic heterocycles. The first-order chi connectivity index (χ1) is 7.56. The van der Waals surface area contributed by atoms with E-state index < -0.39 is 5.91 Å². The average Bonchev–Trinajstić information content (AvgIpc) is 2.50. The van der Waals surface area contributed by atoms with Crippen LogP contribution < -0.4 is 5.73 Å². The van der Waals surface area contributed by atoms with E-state index in [0.717, 1.165) is 11.8 Å². The molecule has 1 heterocycles. The van der Waals surface area contributed by atoms with Gasteiger partial charge < -0.3 is 15.9 Å². The molecule has 0 fully saturated rings. The van der Waals surface area contributed by atoms with E-state index in [1.165, 1.54) is 24.3 Å². The number of hydrogen-bond donors (Lipinski definition) is 3. The maximum atomic E-state index is 11.3. The molecule has 0 radical (unpaired) electrons. The number of nitrogens with zero attached hydrogens (tertiary/aromatic N) is 1. The maximum Gasteiger partial charge on any atom is 0.286 e. The van der Waals surface area contributed by atoms with Crippen molar-refractivity contribution in [3.63, 3.8) is 0 Å². The van der Waals surface area contributed by atoms with Gasteiger partial charge in [-0.3, -0.25) is 4.79 Å². The zero-order valence-electron chi connectivity index (χ0n) is 8.04. The smallest absolute Gasteiger partial charge is 0.286 e. The van der Waals surface area contributed by atoms with Crippen LogP contribution in [-0.4, -0.2) is 21.3 Å². The molecule has 0 bridgehead atoms. The lowest BCUT2D eigenvalue weighted by Crippen LogP contribution is -2.01. The molecule has 0 unspecified atom stereocenters. The number of nitrogens with two attached hydrogens (primary N) is 1. The molecule has 0 atom stereocenters. The fourth-order valence-corrected chi connectivity index (χ4v) is 1.89. The fourth-order valence-electron chi connectivity index (χ4n) is 1.22. The number of aliphatic imine (C=N–C) groups is 1. The van der Waals surface area contributed by atoms with Gasteiger partial charge >= 0.3 is 0 Å². The highest BCUT2D eigenvalue weighted by molar-refractivity contribution is 8.18. The summed E-state index contributed by atoms with van der Waals surface area (Å²) < 4.78 is 0. The third-order valence-corrected chi connectivity index (χ3v) is 2.75. The van der Waals surface area contributed by atoms with Crippen LogP contribution in [0.5, 0.6) is 11.5 Å². The quantitative estimate of drug-likeness (QED) is 0.633. The Morgan fingerprint density at radius 3 is 2.69 bits per heavy atom. The minimum Gasteiger partial charge on any atom is -0.508 e. The maximum absolute atomic E-state index is 11.3. The number of thioether (sulfide) groups is 1. The Hall–Kier alpha value is -1.95. The number of carbonyl (C=O) groups is 1. The van der Waals surface area contributed by atoms with E-state index in [1.54, 1.807) is 0 Å². The molecule has 0 aliphatic carbocycles. The number of phenolic OH excluding ortho intramolecular Hbond substituents is 2. The van der Waals surface area contributed by atoms with E-state index in [9.17, 15) is 9.90 Å². The van der Waals surface area contributed by atoms with Gasteiger partial charge in [0.25, 0.3) is 5.91 Å². The number of carbonyl (C=O) groups excluding carboxylic acids is 1. The lowest BCUT2D eigenvalue weighted by molar-refractivity contribution is -0.113. The highest BCUT2D eigenvalue weighted by atomic mass is 32.2. The largest absolute Gasteiger partial charge is 0.508 e. The van der Waals surface area contributed by atoms with Crippen LogP contribution in [0.4, 0.5) is 0 Å². The van der Waals surface area contributed by atoms with Crippen LogP contribution in [0.2, 0.25) is 0 Å². The molecule has 2 rings (SSSR count). The molecule has 0 saturated carbocycles. The van der Waals surface area contributed by atoms with Gasteiger partial charge in [0.1, 0.15) is 11.5 Å². The van der Waals surface area contributed by atoms with Crippen molar-refractivity contribution in [3.05, 3.63) is 28.7 Å². The van der Waals surface area contributed by atoms with Crippen molar-refractivity contribution in [2.75, 3.05) is 0 Å². The number of hydrogen-bond acceptors (Lipinski definition) is 5. The molecule has 1 aliphatic heterocycles. The Morgan fingerprint density at radius 2 is 2.12 bits per heavy atom. The molecule has 4 N–H and O–H groups in total. The number of benzene rings is 1. The summed E-state index contributed by atoms with van der Waals surface area (Å²) in [5, 5.41) is 18.8. The van der Waals surface area contributed by atoms with E-state index in [4.69, 9.17) is 10.8 Å². The Morgan fingerprint density at radius 1 is 1.38 bits per heavy atom. The van der Waals surface area contributed by atoms with Crippen LogP contribution in [0.25, 0.3) is 6.08 Å². The van der Waals surface area contributed by atoms with Gasteiger partial charge in [0.05, 0.1) is 4.91 Å². The van der Waals surface area contributed by atoms with Crippen LogP contribution in [-0.2, 0) is 4.79 Å². The van der Waals surface area contributed by atoms with E-state index in [-0.39, 0.29) is 16.7 Å². The van der Waals surface area contributed by atoms with Crippen molar-refractivity contribution in [3.8, 4) is 11.5 Å². The van der Waals surface area contributed by atoms with Gasteiger partial charge in [-0.2, -0.15) is 4.99 Å². The zero-order chi connectivity index (χ0) is 11.7. The van der Waals surface area contributed by atoms with E-state index in [2.05, 4.69) is 4.99 Å². The Labute approximate surface area is 95.3 Å². The van der Waals surface area contributed by atoms with Crippen molar-refractivity contribution >= 4 is 28.9 Å². The predicted molar refractivity (Wildman–Crippen MR) is 62.0 cm³/mol. The molecule has 82 valence electrons. The van der Waals surface area contributed by atoms with Gasteiger partial charge in [-0.1, -0.05) is 0 Å². The van der Waals surface area contributed by atoms with Crippen molar-refractivity contribution in [2.24, 2.45) is 10.7 Å². The van der Waals surface area contributed by atoms with Crippen molar-refractivity contribution < 1.29 is 15.0 Å². The van der Waals surface area contributed by atoms with Gasteiger partial charge in [-0.05, 0) is 30.0 Å². The summed E-state index contributed by atoms with van der Waals surface area (Å²) in [5.74, 6) is -0.567. The molecule has 0 saturated heterocycles. The standard InChI is InChI=1S/C10H8N2O3S/c11-10-12-9(15)8(16-10)3-5-1-2-6(13)4-7(5)14/h1-4,13-14H,(H2,11,12,15)/b8-3+. The molecule has 1 amide bonds. The zero-order valence-corrected chi connectivity index (χ0v) is 8.86. The minimum atomic E-state index is -0.421. The summed E-state index contributed by atoms with van der Waals surface area (Å²) in [5.41, 5.74) is 5.81. The first-order valence-corrected chi connectivity index (χ1v) is 5.18. The highest BCUT2D eigenvalue weighted by Gasteiger charge is 2.19. The summed E-state index contributed by atoms with van der Waals surface area (Å²) in [7, 11) is 0. The molecular weight excluding hydrogens is 228 g/mol. The summed E-state index contributed by atoms with van der Waals surface area (Å²) in [6, 6.07) is 4.11. The van der Waals surface area contributed by atoms with Crippen LogP contribution in [0.15, 0.2) is 28.1 Å². The summed E-state index contributed by atoms with van der Waals surface area (Å²) in [6.07, 6.45) is 1.48. The normalized spacial score (nSPS) is 17.9. The van der Waals surface area contributed by atoms with Crippen molar-refractivity contribution in [2.45, 2.75) is 0 Å². The van der Waals surface area contributed by atoms with E-state index in [1.807, 2.05) is 0 Å². The molecule has 1 aliphatic rings. The molecule has 1 aromatic carbocycles. The number of phenols is 2. The van der Waals surface area contributed by atoms with Gasteiger partial charge in [0, 0.05) is 11.6 Å². The topological polar surface area (TPSA) is 95.9 Å². The summed E-state index contributed by atoms with van der Waals surface area (Å²) >= 11 is 1.05. The Kier molecular flexibility index (Phi) is 2.57. The predicted octanol–water partition coefficient (Wildman–Crippen LogP) is 1.03. The second-order valence-corrected chi connectivity index (χ2v) is 4.17. The Bertz CT molecular complexity index is 523. The summed E-state index contributed by atoms with van der Waals surface area (Å²) in [4.78, 5) is 15.2.